The molecule has 1 N–H and O–H groups in total. The quantitative estimate of drug-likeness (QED) is 0.788. The summed E-state index contributed by atoms with van der Waals surface area (Å²) in [5.74, 6) is 0.731. The second-order valence-electron chi connectivity index (χ2n) is 6.19. The van der Waals surface area contributed by atoms with E-state index < -0.39 is 0 Å². The van der Waals surface area contributed by atoms with Crippen LogP contribution in [-0.2, 0) is 0 Å². The van der Waals surface area contributed by atoms with E-state index in [0.717, 1.165) is 5.92 Å². The van der Waals surface area contributed by atoms with Crippen LogP contribution in [-0.4, -0.2) is 6.04 Å². The first-order valence-electron chi connectivity index (χ1n) is 7.70. The van der Waals surface area contributed by atoms with Gasteiger partial charge in [0.25, 0.3) is 0 Å². The topological polar surface area (TPSA) is 12.0 Å². The monoisotopic (exact) mass is 343 g/mol. The van der Waals surface area contributed by atoms with Gasteiger partial charge in [-0.1, -0.05) is 64.0 Å². The first kappa shape index (κ1) is 14.8. The molecular weight excluding hydrogens is 322 g/mol. The lowest BCUT2D eigenvalue weighted by Crippen LogP contribution is -2.41. The zero-order valence-electron chi connectivity index (χ0n) is 12.6. The fraction of sp³-hybridized carbons (Fsp3) is 0.368. The summed E-state index contributed by atoms with van der Waals surface area (Å²) in [7, 11) is 0. The van der Waals surface area contributed by atoms with Crippen LogP contribution in [0.1, 0.15) is 48.4 Å². The first-order chi connectivity index (χ1) is 10.1. The van der Waals surface area contributed by atoms with Crippen LogP contribution >= 0.6 is 15.9 Å². The van der Waals surface area contributed by atoms with Gasteiger partial charge in [0.15, 0.2) is 0 Å². The lowest BCUT2D eigenvalue weighted by Gasteiger charge is -2.38. The third-order valence-electron chi connectivity index (χ3n) is 4.54. The molecule has 0 saturated heterocycles. The van der Waals surface area contributed by atoms with Crippen molar-refractivity contribution in [2.75, 3.05) is 0 Å². The second kappa shape index (κ2) is 6.33. The Bertz CT molecular complexity index is 599. The van der Waals surface area contributed by atoms with E-state index in [2.05, 4.69) is 83.6 Å². The molecule has 2 aromatic rings. The summed E-state index contributed by atoms with van der Waals surface area (Å²) in [6, 6.07) is 18.5. The van der Waals surface area contributed by atoms with E-state index in [-0.39, 0.29) is 0 Å². The average molecular weight is 344 g/mol. The normalized spacial score (nSPS) is 22.6. The van der Waals surface area contributed by atoms with Crippen molar-refractivity contribution in [2.24, 2.45) is 0 Å². The van der Waals surface area contributed by atoms with Gasteiger partial charge in [-0.15, -0.1) is 0 Å². The Morgan fingerprint density at radius 2 is 1.71 bits per heavy atom. The molecule has 3 rings (SSSR count). The van der Waals surface area contributed by atoms with Crippen LogP contribution < -0.4 is 5.32 Å². The number of hydrogen-bond acceptors (Lipinski definition) is 1. The molecule has 0 bridgehead atoms. The number of hydrogen-bond donors (Lipinski definition) is 1. The van der Waals surface area contributed by atoms with E-state index in [9.17, 15) is 0 Å². The van der Waals surface area contributed by atoms with Crippen molar-refractivity contribution < 1.29 is 0 Å². The molecular formula is C19H22BrN. The van der Waals surface area contributed by atoms with E-state index in [4.69, 9.17) is 0 Å². The molecule has 1 saturated carbocycles. The standard InChI is InChI=1S/C19H22BrN/c1-13-7-9-15(10-8-13)16-11-17(12-16)21-14(2)18-5-3-4-6-19(18)20/h3-10,14,16-17,21H,11-12H2,1-2H3/t14-,16?,17?/m1/s1. The molecule has 1 aliphatic rings. The molecule has 0 aliphatic heterocycles. The van der Waals surface area contributed by atoms with Crippen LogP contribution in [0.3, 0.4) is 0 Å². The summed E-state index contributed by atoms with van der Waals surface area (Å²) >= 11 is 3.64. The third-order valence-corrected chi connectivity index (χ3v) is 5.27. The molecule has 1 fully saturated rings. The maximum absolute atomic E-state index is 3.75. The minimum atomic E-state index is 0.393. The van der Waals surface area contributed by atoms with E-state index in [1.807, 2.05) is 0 Å². The lowest BCUT2D eigenvalue weighted by molar-refractivity contribution is 0.270. The number of benzene rings is 2. The summed E-state index contributed by atoms with van der Waals surface area (Å²) in [4.78, 5) is 0. The molecule has 0 unspecified atom stereocenters. The van der Waals surface area contributed by atoms with Crippen LogP contribution in [0.25, 0.3) is 0 Å². The number of nitrogens with one attached hydrogen (secondary N) is 1. The van der Waals surface area contributed by atoms with Crippen molar-refractivity contribution in [1.82, 2.24) is 5.32 Å². The van der Waals surface area contributed by atoms with Crippen molar-refractivity contribution in [1.29, 1.82) is 0 Å². The van der Waals surface area contributed by atoms with Gasteiger partial charge in [0.2, 0.25) is 0 Å². The minimum Gasteiger partial charge on any atom is -0.307 e. The second-order valence-corrected chi connectivity index (χ2v) is 7.04. The van der Waals surface area contributed by atoms with Crippen LogP contribution in [0.5, 0.6) is 0 Å². The molecule has 0 aromatic heterocycles. The van der Waals surface area contributed by atoms with Crippen molar-refractivity contribution in [3.8, 4) is 0 Å². The van der Waals surface area contributed by atoms with Crippen LogP contribution in [0.2, 0.25) is 0 Å². The van der Waals surface area contributed by atoms with Crippen molar-refractivity contribution in [3.05, 3.63) is 69.7 Å². The van der Waals surface area contributed by atoms with Crippen molar-refractivity contribution in [2.45, 2.75) is 44.7 Å². The zero-order valence-corrected chi connectivity index (χ0v) is 14.2. The summed E-state index contributed by atoms with van der Waals surface area (Å²) in [6.07, 6.45) is 2.50. The minimum absolute atomic E-state index is 0.393. The SMILES string of the molecule is Cc1ccc(C2CC(N[C@H](C)c3ccccc3Br)C2)cc1. The van der Waals surface area contributed by atoms with Crippen molar-refractivity contribution >= 4 is 15.9 Å². The molecule has 2 heteroatoms. The maximum atomic E-state index is 3.75. The highest BCUT2D eigenvalue weighted by molar-refractivity contribution is 9.10. The maximum Gasteiger partial charge on any atom is 0.0305 e. The molecule has 110 valence electrons. The highest BCUT2D eigenvalue weighted by Crippen LogP contribution is 2.38. The van der Waals surface area contributed by atoms with E-state index >= 15 is 0 Å². The molecule has 1 aliphatic carbocycles. The van der Waals surface area contributed by atoms with Crippen LogP contribution in [0.4, 0.5) is 0 Å². The molecule has 1 nitrogen and oxygen atoms in total. The Morgan fingerprint density at radius 1 is 1.05 bits per heavy atom. The highest BCUT2D eigenvalue weighted by atomic mass is 79.9. The van der Waals surface area contributed by atoms with E-state index in [1.165, 1.54) is 34.0 Å². The largest absolute Gasteiger partial charge is 0.307 e. The van der Waals surface area contributed by atoms with Gasteiger partial charge in [-0.2, -0.15) is 0 Å². The Hall–Kier alpha value is -1.12. The molecule has 1 atom stereocenters. The first-order valence-corrected chi connectivity index (χ1v) is 8.50. The fourth-order valence-electron chi connectivity index (χ4n) is 3.13. The number of rotatable bonds is 4. The van der Waals surface area contributed by atoms with Gasteiger partial charge in [0.05, 0.1) is 0 Å². The van der Waals surface area contributed by atoms with Gasteiger partial charge < -0.3 is 5.32 Å². The number of aryl methyl sites for hydroxylation is 1. The summed E-state index contributed by atoms with van der Waals surface area (Å²) in [5.41, 5.74) is 4.18. The van der Waals surface area contributed by atoms with Gasteiger partial charge >= 0.3 is 0 Å². The van der Waals surface area contributed by atoms with Crippen LogP contribution in [0.15, 0.2) is 53.0 Å². The average Bonchev–Trinajstić information content (AvgIpc) is 2.44. The van der Waals surface area contributed by atoms with Crippen molar-refractivity contribution in [3.63, 3.8) is 0 Å². The molecule has 0 spiro atoms. The van der Waals surface area contributed by atoms with Gasteiger partial charge in [-0.05, 0) is 49.8 Å². The Labute approximate surface area is 135 Å². The Balaban J connectivity index is 1.55. The molecule has 21 heavy (non-hydrogen) atoms. The van der Waals surface area contributed by atoms with Gasteiger partial charge in [0, 0.05) is 16.6 Å². The summed E-state index contributed by atoms with van der Waals surface area (Å²) in [5, 5.41) is 3.75. The smallest absolute Gasteiger partial charge is 0.0305 e. The van der Waals surface area contributed by atoms with Gasteiger partial charge in [-0.25, -0.2) is 0 Å². The Kier molecular flexibility index (Phi) is 4.46. The molecule has 0 radical (unpaired) electrons. The fourth-order valence-corrected chi connectivity index (χ4v) is 3.76. The predicted octanol–water partition coefficient (Wildman–Crippen LogP) is 5.35. The third kappa shape index (κ3) is 3.38. The predicted molar refractivity (Wildman–Crippen MR) is 92.6 cm³/mol. The van der Waals surface area contributed by atoms with Gasteiger partial charge in [-0.3, -0.25) is 0 Å². The van der Waals surface area contributed by atoms with E-state index in [1.54, 1.807) is 0 Å². The highest BCUT2D eigenvalue weighted by Gasteiger charge is 2.31. The zero-order chi connectivity index (χ0) is 14.8. The molecule has 0 amide bonds. The van der Waals surface area contributed by atoms with E-state index in [0.29, 0.717) is 12.1 Å². The molecule has 0 heterocycles. The number of halogens is 1. The summed E-state index contributed by atoms with van der Waals surface area (Å²) < 4.78 is 1.19. The van der Waals surface area contributed by atoms with Crippen LogP contribution in [0, 0.1) is 6.92 Å². The summed E-state index contributed by atoms with van der Waals surface area (Å²) in [6.45, 7) is 4.40. The van der Waals surface area contributed by atoms with Gasteiger partial charge in [0.1, 0.15) is 0 Å². The molecule has 2 aromatic carbocycles. The lowest BCUT2D eigenvalue weighted by atomic mass is 9.75. The Morgan fingerprint density at radius 3 is 2.38 bits per heavy atom.